The Kier molecular flexibility index (Phi) is 4.23. The normalized spacial score (nSPS) is 16.4. The number of piperidine rings is 1. The Bertz CT molecular complexity index is 841. The van der Waals surface area contributed by atoms with E-state index >= 15 is 0 Å². The number of likely N-dealkylation sites (tertiary alicyclic amines) is 1. The average molecular weight is 338 g/mol. The minimum absolute atomic E-state index is 0.0332. The Morgan fingerprint density at radius 3 is 2.84 bits per heavy atom. The lowest BCUT2D eigenvalue weighted by Crippen LogP contribution is -2.38. The molecular formula is C18H22N6O. The number of imidazole rings is 2. The van der Waals surface area contributed by atoms with Crippen LogP contribution in [0.5, 0.6) is 0 Å². The van der Waals surface area contributed by atoms with Crippen molar-refractivity contribution in [2.75, 3.05) is 18.4 Å². The first-order valence-electron chi connectivity index (χ1n) is 8.63. The van der Waals surface area contributed by atoms with Crippen LogP contribution in [-0.4, -0.2) is 43.4 Å². The maximum atomic E-state index is 12.5. The van der Waals surface area contributed by atoms with Gasteiger partial charge in [-0.15, -0.1) is 0 Å². The van der Waals surface area contributed by atoms with Crippen LogP contribution in [-0.2, 0) is 18.4 Å². The van der Waals surface area contributed by atoms with Crippen LogP contribution in [0.3, 0.4) is 0 Å². The maximum absolute atomic E-state index is 12.5. The fraction of sp³-hybridized carbons (Fsp3) is 0.389. The third-order valence-electron chi connectivity index (χ3n) is 4.88. The number of nitrogens with one attached hydrogen (secondary N) is 2. The molecule has 130 valence electrons. The smallest absolute Gasteiger partial charge is 0.229 e. The Balaban J connectivity index is 1.32. The number of benzene rings is 1. The second kappa shape index (κ2) is 6.68. The van der Waals surface area contributed by atoms with Crippen molar-refractivity contribution in [1.29, 1.82) is 0 Å². The molecule has 3 heterocycles. The summed E-state index contributed by atoms with van der Waals surface area (Å²) >= 11 is 0. The predicted molar refractivity (Wildman–Crippen MR) is 95.9 cm³/mol. The fourth-order valence-corrected chi connectivity index (χ4v) is 3.33. The van der Waals surface area contributed by atoms with Crippen LogP contribution < -0.4 is 5.32 Å². The van der Waals surface area contributed by atoms with Crippen molar-refractivity contribution in [3.05, 3.63) is 42.5 Å². The number of aryl methyl sites for hydroxylation is 1. The Morgan fingerprint density at radius 2 is 2.12 bits per heavy atom. The first kappa shape index (κ1) is 15.8. The summed E-state index contributed by atoms with van der Waals surface area (Å²) in [6.07, 6.45) is 5.50. The van der Waals surface area contributed by atoms with Gasteiger partial charge in [0.25, 0.3) is 0 Å². The molecule has 1 fully saturated rings. The number of para-hydroxylation sites is 2. The van der Waals surface area contributed by atoms with E-state index in [0.717, 1.165) is 49.3 Å². The van der Waals surface area contributed by atoms with Gasteiger partial charge in [0.15, 0.2) is 0 Å². The zero-order chi connectivity index (χ0) is 17.2. The van der Waals surface area contributed by atoms with Gasteiger partial charge >= 0.3 is 0 Å². The van der Waals surface area contributed by atoms with Crippen LogP contribution in [0.2, 0.25) is 0 Å². The van der Waals surface area contributed by atoms with E-state index in [4.69, 9.17) is 0 Å². The Labute approximate surface area is 146 Å². The second-order valence-electron chi connectivity index (χ2n) is 6.60. The van der Waals surface area contributed by atoms with Crippen molar-refractivity contribution in [2.45, 2.75) is 19.4 Å². The van der Waals surface area contributed by atoms with Crippen molar-refractivity contribution in [2.24, 2.45) is 13.0 Å². The van der Waals surface area contributed by atoms with E-state index in [1.54, 1.807) is 0 Å². The van der Waals surface area contributed by atoms with Crippen molar-refractivity contribution in [3.8, 4) is 0 Å². The molecule has 1 saturated heterocycles. The van der Waals surface area contributed by atoms with E-state index in [1.807, 2.05) is 48.3 Å². The molecule has 0 spiro atoms. The van der Waals surface area contributed by atoms with E-state index in [-0.39, 0.29) is 11.8 Å². The SMILES string of the molecule is Cn1ccnc1CN1CCC(C(=O)Nc2nc3ccccc3[nH]2)CC1. The molecule has 0 aliphatic carbocycles. The number of H-pyrrole nitrogens is 1. The summed E-state index contributed by atoms with van der Waals surface area (Å²) < 4.78 is 2.04. The number of rotatable bonds is 4. The van der Waals surface area contributed by atoms with E-state index in [9.17, 15) is 4.79 Å². The number of aromatic amines is 1. The lowest BCUT2D eigenvalue weighted by Gasteiger charge is -2.30. The van der Waals surface area contributed by atoms with Crippen molar-refractivity contribution < 1.29 is 4.79 Å². The number of anilines is 1. The van der Waals surface area contributed by atoms with E-state index in [1.165, 1.54) is 0 Å². The molecule has 1 aliphatic heterocycles. The molecule has 0 bridgehead atoms. The van der Waals surface area contributed by atoms with Crippen LogP contribution in [0, 0.1) is 5.92 Å². The van der Waals surface area contributed by atoms with Crippen LogP contribution in [0.1, 0.15) is 18.7 Å². The first-order valence-corrected chi connectivity index (χ1v) is 8.63. The van der Waals surface area contributed by atoms with Crippen LogP contribution >= 0.6 is 0 Å². The third-order valence-corrected chi connectivity index (χ3v) is 4.88. The zero-order valence-corrected chi connectivity index (χ0v) is 14.3. The molecule has 0 unspecified atom stereocenters. The molecule has 1 aromatic carbocycles. The molecule has 0 saturated carbocycles. The number of carbonyl (C=O) groups excluding carboxylic acids is 1. The molecule has 25 heavy (non-hydrogen) atoms. The maximum Gasteiger partial charge on any atom is 0.229 e. The molecule has 1 aliphatic rings. The summed E-state index contributed by atoms with van der Waals surface area (Å²) in [4.78, 5) is 26.8. The van der Waals surface area contributed by atoms with Gasteiger partial charge in [-0.05, 0) is 38.1 Å². The van der Waals surface area contributed by atoms with Gasteiger partial charge in [-0.3, -0.25) is 15.0 Å². The second-order valence-corrected chi connectivity index (χ2v) is 6.60. The lowest BCUT2D eigenvalue weighted by atomic mass is 9.96. The summed E-state index contributed by atoms with van der Waals surface area (Å²) in [6.45, 7) is 2.65. The average Bonchev–Trinajstić information content (AvgIpc) is 3.21. The number of hydrogen-bond acceptors (Lipinski definition) is 4. The van der Waals surface area contributed by atoms with Crippen molar-refractivity contribution in [3.63, 3.8) is 0 Å². The topological polar surface area (TPSA) is 78.8 Å². The summed E-state index contributed by atoms with van der Waals surface area (Å²) in [5.74, 6) is 1.67. The highest BCUT2D eigenvalue weighted by Crippen LogP contribution is 2.21. The van der Waals surface area contributed by atoms with E-state index in [0.29, 0.717) is 5.95 Å². The molecule has 0 atom stereocenters. The molecular weight excluding hydrogens is 316 g/mol. The number of nitrogens with zero attached hydrogens (tertiary/aromatic N) is 4. The third kappa shape index (κ3) is 3.41. The number of aromatic nitrogens is 4. The molecule has 0 radical (unpaired) electrons. The molecule has 4 rings (SSSR count). The molecule has 7 nitrogen and oxygen atoms in total. The van der Waals surface area contributed by atoms with Gasteiger partial charge in [-0.25, -0.2) is 9.97 Å². The first-order chi connectivity index (χ1) is 12.2. The molecule has 3 aromatic rings. The summed E-state index contributed by atoms with van der Waals surface area (Å²) in [7, 11) is 2.01. The highest BCUT2D eigenvalue weighted by atomic mass is 16.2. The van der Waals surface area contributed by atoms with E-state index in [2.05, 4.69) is 25.2 Å². The molecule has 2 aromatic heterocycles. The minimum atomic E-state index is 0.0332. The van der Waals surface area contributed by atoms with Crippen LogP contribution in [0.4, 0.5) is 5.95 Å². The number of hydrogen-bond donors (Lipinski definition) is 2. The molecule has 2 N–H and O–H groups in total. The summed E-state index contributed by atoms with van der Waals surface area (Å²) in [6, 6.07) is 7.77. The van der Waals surface area contributed by atoms with Gasteiger partial charge in [-0.1, -0.05) is 12.1 Å². The Morgan fingerprint density at radius 1 is 1.32 bits per heavy atom. The fourth-order valence-electron chi connectivity index (χ4n) is 3.33. The monoisotopic (exact) mass is 338 g/mol. The summed E-state index contributed by atoms with van der Waals surface area (Å²) in [5.41, 5.74) is 1.80. The molecule has 1 amide bonds. The standard InChI is InChI=1S/C18H22N6O/c1-23-11-8-19-16(23)12-24-9-6-13(7-10-24)17(25)22-18-20-14-4-2-3-5-15(14)21-18/h2-5,8,11,13H,6-7,9-10,12H2,1H3,(H2,20,21,22,25). The summed E-state index contributed by atoms with van der Waals surface area (Å²) in [5, 5.41) is 2.93. The van der Waals surface area contributed by atoms with Crippen molar-refractivity contribution >= 4 is 22.9 Å². The lowest BCUT2D eigenvalue weighted by molar-refractivity contribution is -0.121. The van der Waals surface area contributed by atoms with Crippen molar-refractivity contribution in [1.82, 2.24) is 24.4 Å². The van der Waals surface area contributed by atoms with Gasteiger partial charge < -0.3 is 9.55 Å². The van der Waals surface area contributed by atoms with Gasteiger partial charge in [0, 0.05) is 25.4 Å². The largest absolute Gasteiger partial charge is 0.337 e. The number of carbonyl (C=O) groups is 1. The zero-order valence-electron chi connectivity index (χ0n) is 14.3. The Hall–Kier alpha value is -2.67. The van der Waals surface area contributed by atoms with Gasteiger partial charge in [0.1, 0.15) is 5.82 Å². The quantitative estimate of drug-likeness (QED) is 0.764. The van der Waals surface area contributed by atoms with E-state index < -0.39 is 0 Å². The van der Waals surface area contributed by atoms with Crippen LogP contribution in [0.25, 0.3) is 11.0 Å². The van der Waals surface area contributed by atoms with Crippen LogP contribution in [0.15, 0.2) is 36.7 Å². The highest BCUT2D eigenvalue weighted by molar-refractivity contribution is 5.92. The van der Waals surface area contributed by atoms with Gasteiger partial charge in [0.05, 0.1) is 17.6 Å². The minimum Gasteiger partial charge on any atom is -0.337 e. The number of fused-ring (bicyclic) bond motifs is 1. The van der Waals surface area contributed by atoms with Gasteiger partial charge in [-0.2, -0.15) is 0 Å². The highest BCUT2D eigenvalue weighted by Gasteiger charge is 2.26. The number of amides is 1. The van der Waals surface area contributed by atoms with Gasteiger partial charge in [0.2, 0.25) is 11.9 Å². The molecule has 7 heteroatoms. The predicted octanol–water partition coefficient (Wildman–Crippen LogP) is 2.15.